The number of rotatable bonds is 5. The Bertz CT molecular complexity index is 339. The summed E-state index contributed by atoms with van der Waals surface area (Å²) in [5, 5.41) is 8.85. The number of amides is 1. The molecule has 1 amide bonds. The first-order chi connectivity index (χ1) is 8.02. The highest BCUT2D eigenvalue weighted by Gasteiger charge is 2.45. The van der Waals surface area contributed by atoms with Crippen LogP contribution in [0.25, 0.3) is 0 Å². The molecule has 0 aromatic heterocycles. The predicted octanol–water partition coefficient (Wildman–Crippen LogP) is 2.04. The summed E-state index contributed by atoms with van der Waals surface area (Å²) in [5.41, 5.74) is -2.03. The van der Waals surface area contributed by atoms with Gasteiger partial charge in [0.15, 0.2) is 0 Å². The topological polar surface area (TPSA) is 66.8 Å². The third-order valence-corrected chi connectivity index (χ3v) is 2.08. The normalized spacial score (nSPS) is 11.8. The zero-order chi connectivity index (χ0) is 14.6. The molecule has 0 spiro atoms. The molecule has 0 bridgehead atoms. The number of carbonyl (C=O) groups excluding carboxylic acids is 1. The van der Waals surface area contributed by atoms with Gasteiger partial charge in [0.1, 0.15) is 18.7 Å². The Hall–Kier alpha value is -1.73. The number of hydrogen-bond acceptors (Lipinski definition) is 3. The van der Waals surface area contributed by atoms with E-state index in [1.165, 1.54) is 0 Å². The van der Waals surface area contributed by atoms with Crippen molar-refractivity contribution in [2.75, 3.05) is 13.2 Å². The molecule has 1 N–H and O–H groups in total. The minimum atomic E-state index is -4.72. The molecule has 18 heavy (non-hydrogen) atoms. The summed E-state index contributed by atoms with van der Waals surface area (Å²) in [6.45, 7) is 3.19. The van der Waals surface area contributed by atoms with Crippen molar-refractivity contribution in [3.63, 3.8) is 0 Å². The second-order valence-electron chi connectivity index (χ2n) is 3.93. The van der Waals surface area contributed by atoms with Crippen LogP contribution >= 0.6 is 0 Å². The molecule has 0 aromatic carbocycles. The largest absolute Gasteiger partial charge is 0.480 e. The lowest BCUT2D eigenvalue weighted by Crippen LogP contribution is -2.56. The molecule has 0 radical (unpaired) electrons. The van der Waals surface area contributed by atoms with Crippen LogP contribution in [0.15, 0.2) is 12.7 Å². The maximum atomic E-state index is 12.3. The monoisotopic (exact) mass is 269 g/mol. The van der Waals surface area contributed by atoms with Crippen LogP contribution in [0.4, 0.5) is 18.0 Å². The summed E-state index contributed by atoms with van der Waals surface area (Å²) in [6, 6.07) is 0. The number of hydrogen-bond donors (Lipinski definition) is 1. The van der Waals surface area contributed by atoms with Crippen LogP contribution in [0, 0.1) is 0 Å². The van der Waals surface area contributed by atoms with E-state index in [0.717, 1.165) is 19.9 Å². The van der Waals surface area contributed by atoms with Crippen LogP contribution in [-0.4, -0.2) is 46.9 Å². The van der Waals surface area contributed by atoms with Gasteiger partial charge >= 0.3 is 18.2 Å². The van der Waals surface area contributed by atoms with Gasteiger partial charge in [0.05, 0.1) is 0 Å². The lowest BCUT2D eigenvalue weighted by molar-refractivity contribution is -0.166. The van der Waals surface area contributed by atoms with Crippen LogP contribution in [-0.2, 0) is 9.53 Å². The molecule has 0 saturated heterocycles. The summed E-state index contributed by atoms with van der Waals surface area (Å²) in [5.74, 6) is -1.57. The number of nitrogens with zero attached hydrogens (tertiary/aromatic N) is 1. The van der Waals surface area contributed by atoms with Crippen molar-refractivity contribution in [2.24, 2.45) is 0 Å². The minimum absolute atomic E-state index is 0.110. The van der Waals surface area contributed by atoms with E-state index in [0.29, 0.717) is 0 Å². The van der Waals surface area contributed by atoms with Gasteiger partial charge in [-0.3, -0.25) is 4.90 Å². The van der Waals surface area contributed by atoms with E-state index in [9.17, 15) is 22.8 Å². The van der Waals surface area contributed by atoms with Gasteiger partial charge in [-0.2, -0.15) is 13.2 Å². The Labute approximate surface area is 102 Å². The standard InChI is InChI=1S/C10H14F3NO4/c1-4-5-18-8(17)14(6-10(11,12)13)9(2,3)7(15)16/h4H,1,5-6H2,2-3H3,(H,15,16). The molecule has 0 aromatic rings. The van der Waals surface area contributed by atoms with Crippen molar-refractivity contribution in [2.45, 2.75) is 25.6 Å². The molecule has 0 aliphatic heterocycles. The number of carbonyl (C=O) groups is 2. The molecular weight excluding hydrogens is 255 g/mol. The summed E-state index contributed by atoms with van der Waals surface area (Å²) in [7, 11) is 0. The Balaban J connectivity index is 5.11. The first-order valence-electron chi connectivity index (χ1n) is 4.88. The van der Waals surface area contributed by atoms with Crippen molar-refractivity contribution >= 4 is 12.1 Å². The summed E-state index contributed by atoms with van der Waals surface area (Å²) in [6.07, 6.45) is -4.92. The van der Waals surface area contributed by atoms with Crippen LogP contribution in [0.1, 0.15) is 13.8 Å². The Morgan fingerprint density at radius 2 is 1.89 bits per heavy atom. The quantitative estimate of drug-likeness (QED) is 0.775. The van der Waals surface area contributed by atoms with E-state index < -0.39 is 30.3 Å². The summed E-state index contributed by atoms with van der Waals surface area (Å²) >= 11 is 0. The molecule has 0 unspecified atom stereocenters. The van der Waals surface area contributed by atoms with Gasteiger partial charge in [-0.05, 0) is 13.8 Å². The zero-order valence-electron chi connectivity index (χ0n) is 9.95. The fraction of sp³-hybridized carbons (Fsp3) is 0.600. The molecule has 0 heterocycles. The fourth-order valence-electron chi connectivity index (χ4n) is 0.993. The lowest BCUT2D eigenvalue weighted by Gasteiger charge is -2.34. The molecule has 0 atom stereocenters. The Kier molecular flexibility index (Phi) is 5.19. The third-order valence-electron chi connectivity index (χ3n) is 2.08. The van der Waals surface area contributed by atoms with Gasteiger partial charge < -0.3 is 9.84 Å². The van der Waals surface area contributed by atoms with Gasteiger partial charge in [0.25, 0.3) is 0 Å². The van der Waals surface area contributed by atoms with Crippen molar-refractivity contribution in [3.8, 4) is 0 Å². The highest BCUT2D eigenvalue weighted by atomic mass is 19.4. The van der Waals surface area contributed by atoms with Crippen molar-refractivity contribution in [3.05, 3.63) is 12.7 Å². The van der Waals surface area contributed by atoms with E-state index in [2.05, 4.69) is 11.3 Å². The smallest absolute Gasteiger partial charge is 0.411 e. The molecule has 5 nitrogen and oxygen atoms in total. The van der Waals surface area contributed by atoms with Crippen LogP contribution in [0.3, 0.4) is 0 Å². The van der Waals surface area contributed by atoms with Crippen molar-refractivity contribution < 1.29 is 32.6 Å². The van der Waals surface area contributed by atoms with Gasteiger partial charge in [-0.25, -0.2) is 9.59 Å². The third kappa shape index (κ3) is 4.64. The minimum Gasteiger partial charge on any atom is -0.480 e. The maximum absolute atomic E-state index is 12.3. The van der Waals surface area contributed by atoms with E-state index in [1.807, 2.05) is 0 Å². The SMILES string of the molecule is C=CCOC(=O)N(CC(F)(F)F)C(C)(C)C(=O)O. The number of ether oxygens (including phenoxy) is 1. The molecule has 0 aliphatic rings. The van der Waals surface area contributed by atoms with E-state index in [4.69, 9.17) is 5.11 Å². The number of halogens is 3. The highest BCUT2D eigenvalue weighted by Crippen LogP contribution is 2.24. The predicted molar refractivity (Wildman–Crippen MR) is 56.0 cm³/mol. The Morgan fingerprint density at radius 3 is 2.22 bits per heavy atom. The van der Waals surface area contributed by atoms with Gasteiger partial charge in [0, 0.05) is 0 Å². The number of alkyl halides is 3. The second kappa shape index (κ2) is 5.74. The van der Waals surface area contributed by atoms with Gasteiger partial charge in [-0.15, -0.1) is 0 Å². The van der Waals surface area contributed by atoms with Gasteiger partial charge in [-0.1, -0.05) is 12.7 Å². The average molecular weight is 269 g/mol. The van der Waals surface area contributed by atoms with E-state index in [-0.39, 0.29) is 11.5 Å². The summed E-state index contributed by atoms with van der Waals surface area (Å²) in [4.78, 5) is 22.4. The number of carboxylic acids is 1. The molecule has 104 valence electrons. The van der Waals surface area contributed by atoms with E-state index >= 15 is 0 Å². The van der Waals surface area contributed by atoms with Crippen LogP contribution in [0.2, 0.25) is 0 Å². The zero-order valence-corrected chi connectivity index (χ0v) is 9.95. The molecular formula is C10H14F3NO4. The lowest BCUT2D eigenvalue weighted by atomic mass is 10.0. The van der Waals surface area contributed by atoms with Crippen LogP contribution in [0.5, 0.6) is 0 Å². The van der Waals surface area contributed by atoms with Crippen molar-refractivity contribution in [1.29, 1.82) is 0 Å². The number of carboxylic acid groups (broad SMARTS) is 1. The molecule has 8 heteroatoms. The van der Waals surface area contributed by atoms with Gasteiger partial charge in [0.2, 0.25) is 0 Å². The van der Waals surface area contributed by atoms with Crippen LogP contribution < -0.4 is 0 Å². The molecule has 0 fully saturated rings. The Morgan fingerprint density at radius 1 is 1.39 bits per heavy atom. The molecule has 0 saturated carbocycles. The van der Waals surface area contributed by atoms with E-state index in [1.54, 1.807) is 0 Å². The average Bonchev–Trinajstić information content (AvgIpc) is 2.20. The maximum Gasteiger partial charge on any atom is 0.411 e. The first kappa shape index (κ1) is 16.3. The first-order valence-corrected chi connectivity index (χ1v) is 4.88. The highest BCUT2D eigenvalue weighted by molar-refractivity contribution is 5.83. The molecule has 0 aliphatic carbocycles. The fourth-order valence-corrected chi connectivity index (χ4v) is 0.993. The van der Waals surface area contributed by atoms with Crippen molar-refractivity contribution in [1.82, 2.24) is 4.90 Å². The molecule has 0 rings (SSSR count). The number of aliphatic carboxylic acids is 1. The second-order valence-corrected chi connectivity index (χ2v) is 3.93. The summed E-state index contributed by atoms with van der Waals surface area (Å²) < 4.78 is 41.4.